The van der Waals surface area contributed by atoms with Crippen LogP contribution in [0.15, 0.2) is 170 Å². The minimum Gasteiger partial charge on any atom is -0.508 e. The Hall–Kier alpha value is -9.10. The highest BCUT2D eigenvalue weighted by molar-refractivity contribution is 6.06. The Kier molecular flexibility index (Phi) is 13.9. The third-order valence-corrected chi connectivity index (χ3v) is 9.90. The van der Waals surface area contributed by atoms with Crippen molar-refractivity contribution < 1.29 is 52.8 Å². The van der Waals surface area contributed by atoms with Crippen LogP contribution < -0.4 is 29.6 Å². The van der Waals surface area contributed by atoms with Crippen LogP contribution in [0.25, 0.3) is 21.5 Å². The van der Waals surface area contributed by atoms with Crippen LogP contribution in [0.1, 0.15) is 65.6 Å². The standard InChI is InChI=1S/C27H21NO6.C26H19NO5/c1-17(29)33-23-13-8-22(9-14-23)28-26(30)18-5-10-24(11-6-18)34-27(31)21-4-3-20-16-25(32-2)12-7-19(20)15-21;1-16(28)17-3-2-4-20(13-17)25(30)27-22-8-11-24(12-9-22)32-26(31)21-6-5-19-15-23(29)10-7-18(19)14-21/h3-16H,1-2H3,(H,28,30);2-15,29H,1H3,(H,27,30). The second-order valence-electron chi connectivity index (χ2n) is 14.7. The van der Waals surface area contributed by atoms with E-state index in [9.17, 15) is 33.9 Å². The number of phenols is 1. The molecule has 0 aliphatic heterocycles. The van der Waals surface area contributed by atoms with E-state index in [-0.39, 0.29) is 23.3 Å². The van der Waals surface area contributed by atoms with Crippen LogP contribution in [0.4, 0.5) is 11.4 Å². The fourth-order valence-electron chi connectivity index (χ4n) is 6.51. The van der Waals surface area contributed by atoms with Crippen LogP contribution in [0.2, 0.25) is 0 Å². The van der Waals surface area contributed by atoms with Crippen molar-refractivity contribution in [3.8, 4) is 28.7 Å². The molecule has 0 aromatic heterocycles. The third kappa shape index (κ3) is 11.7. The number of ketones is 1. The van der Waals surface area contributed by atoms with Crippen LogP contribution in [-0.4, -0.2) is 47.7 Å². The van der Waals surface area contributed by atoms with Gasteiger partial charge in [0.05, 0.1) is 18.2 Å². The number of rotatable bonds is 11. The number of fused-ring (bicyclic) bond motifs is 2. The first-order chi connectivity index (χ1) is 31.8. The van der Waals surface area contributed by atoms with Crippen molar-refractivity contribution in [1.82, 2.24) is 0 Å². The number of aromatic hydroxyl groups is 1. The van der Waals surface area contributed by atoms with E-state index < -0.39 is 17.9 Å². The Bertz CT molecular complexity index is 3130. The zero-order chi connectivity index (χ0) is 46.7. The molecule has 13 nitrogen and oxygen atoms in total. The highest BCUT2D eigenvalue weighted by Gasteiger charge is 2.14. The quantitative estimate of drug-likeness (QED) is 0.0638. The van der Waals surface area contributed by atoms with Gasteiger partial charge >= 0.3 is 17.9 Å². The topological polar surface area (TPSA) is 184 Å². The number of esters is 3. The van der Waals surface area contributed by atoms with Crippen LogP contribution in [-0.2, 0) is 4.79 Å². The molecular formula is C53H40N2O11. The van der Waals surface area contributed by atoms with Crippen molar-refractivity contribution in [3.63, 3.8) is 0 Å². The molecule has 66 heavy (non-hydrogen) atoms. The molecule has 0 atom stereocenters. The number of hydrogen-bond donors (Lipinski definition) is 3. The summed E-state index contributed by atoms with van der Waals surface area (Å²) in [7, 11) is 1.60. The van der Waals surface area contributed by atoms with E-state index in [0.717, 1.165) is 27.3 Å². The number of hydrogen-bond acceptors (Lipinski definition) is 11. The van der Waals surface area contributed by atoms with Gasteiger partial charge in [0, 0.05) is 35.0 Å². The average Bonchev–Trinajstić information content (AvgIpc) is 3.32. The third-order valence-electron chi connectivity index (χ3n) is 9.90. The van der Waals surface area contributed by atoms with Gasteiger partial charge in [0.2, 0.25) is 0 Å². The first-order valence-corrected chi connectivity index (χ1v) is 20.3. The molecule has 0 spiro atoms. The van der Waals surface area contributed by atoms with E-state index in [1.807, 2.05) is 24.3 Å². The number of Topliss-reactive ketones (excluding diaryl/α,β-unsaturated/α-hetero) is 1. The Morgan fingerprint density at radius 3 is 1.36 bits per heavy atom. The number of carbonyl (C=O) groups excluding carboxylic acids is 6. The summed E-state index contributed by atoms with van der Waals surface area (Å²) in [6.45, 7) is 2.76. The molecule has 8 rings (SSSR count). The van der Waals surface area contributed by atoms with Gasteiger partial charge in [0.15, 0.2) is 5.78 Å². The molecule has 0 aliphatic rings. The highest BCUT2D eigenvalue weighted by atomic mass is 16.5. The molecule has 328 valence electrons. The molecule has 2 amide bonds. The maximum absolute atomic E-state index is 12.6. The lowest BCUT2D eigenvalue weighted by Crippen LogP contribution is -2.12. The van der Waals surface area contributed by atoms with Gasteiger partial charge in [-0.05, 0) is 162 Å². The van der Waals surface area contributed by atoms with Crippen molar-refractivity contribution in [1.29, 1.82) is 0 Å². The summed E-state index contributed by atoms with van der Waals surface area (Å²) >= 11 is 0. The van der Waals surface area contributed by atoms with Gasteiger partial charge < -0.3 is 34.7 Å². The summed E-state index contributed by atoms with van der Waals surface area (Å²) in [6.07, 6.45) is 0. The Labute approximate surface area is 378 Å². The molecule has 13 heteroatoms. The maximum atomic E-state index is 12.6. The molecule has 0 radical (unpaired) electrons. The second kappa shape index (κ2) is 20.4. The van der Waals surface area contributed by atoms with E-state index in [1.54, 1.807) is 153 Å². The van der Waals surface area contributed by atoms with E-state index in [0.29, 0.717) is 56.4 Å². The Morgan fingerprint density at radius 1 is 0.409 bits per heavy atom. The minimum absolute atomic E-state index is 0.115. The number of benzene rings is 8. The lowest BCUT2D eigenvalue weighted by Gasteiger charge is -2.08. The zero-order valence-corrected chi connectivity index (χ0v) is 35.7. The van der Waals surface area contributed by atoms with Gasteiger partial charge in [0.1, 0.15) is 28.7 Å². The summed E-state index contributed by atoms with van der Waals surface area (Å²) < 4.78 is 21.1. The molecule has 8 aromatic rings. The first-order valence-electron chi connectivity index (χ1n) is 20.3. The van der Waals surface area contributed by atoms with Crippen molar-refractivity contribution >= 4 is 68.4 Å². The second-order valence-corrected chi connectivity index (χ2v) is 14.7. The van der Waals surface area contributed by atoms with Gasteiger partial charge in [-0.25, -0.2) is 9.59 Å². The summed E-state index contributed by atoms with van der Waals surface area (Å²) in [5.41, 5.74) is 3.09. The smallest absolute Gasteiger partial charge is 0.343 e. The van der Waals surface area contributed by atoms with Crippen LogP contribution >= 0.6 is 0 Å². The summed E-state index contributed by atoms with van der Waals surface area (Å²) in [4.78, 5) is 72.5. The van der Waals surface area contributed by atoms with Crippen molar-refractivity contribution in [3.05, 3.63) is 198 Å². The van der Waals surface area contributed by atoms with E-state index in [2.05, 4.69) is 10.6 Å². The molecule has 0 saturated heterocycles. The highest BCUT2D eigenvalue weighted by Crippen LogP contribution is 2.25. The average molecular weight is 881 g/mol. The van der Waals surface area contributed by atoms with E-state index in [4.69, 9.17) is 18.9 Å². The van der Waals surface area contributed by atoms with Crippen molar-refractivity contribution in [2.45, 2.75) is 13.8 Å². The number of ether oxygens (including phenoxy) is 4. The number of methoxy groups -OCH3 is 1. The Balaban J connectivity index is 0.000000197. The lowest BCUT2D eigenvalue weighted by molar-refractivity contribution is -0.131. The molecule has 0 aliphatic carbocycles. The molecule has 0 unspecified atom stereocenters. The molecular weight excluding hydrogens is 841 g/mol. The SMILES string of the molecule is CC(=O)c1cccc(C(=O)Nc2ccc(OC(=O)c3ccc4cc(O)ccc4c3)cc2)c1.COc1ccc2cc(C(=O)Oc3ccc(C(=O)Nc4ccc(OC(C)=O)cc4)cc3)ccc2c1. The van der Waals surface area contributed by atoms with Gasteiger partial charge in [-0.3, -0.25) is 19.2 Å². The van der Waals surface area contributed by atoms with E-state index >= 15 is 0 Å². The van der Waals surface area contributed by atoms with Crippen molar-refractivity contribution in [2.75, 3.05) is 17.7 Å². The van der Waals surface area contributed by atoms with Crippen LogP contribution in [0.3, 0.4) is 0 Å². The summed E-state index contributed by atoms with van der Waals surface area (Å²) in [6, 6.07) is 46.4. The predicted octanol–water partition coefficient (Wildman–Crippen LogP) is 10.5. The van der Waals surface area contributed by atoms with E-state index in [1.165, 1.54) is 13.8 Å². The normalized spacial score (nSPS) is 10.5. The molecule has 0 fully saturated rings. The van der Waals surface area contributed by atoms with Gasteiger partial charge in [-0.2, -0.15) is 0 Å². The fraction of sp³-hybridized carbons (Fsp3) is 0.0566. The predicted molar refractivity (Wildman–Crippen MR) is 249 cm³/mol. The first kappa shape index (κ1) is 44.9. The van der Waals surface area contributed by atoms with Gasteiger partial charge in [-0.1, -0.05) is 36.4 Å². The molecule has 8 aromatic carbocycles. The summed E-state index contributed by atoms with van der Waals surface area (Å²) in [5, 5.41) is 18.5. The molecule has 3 N–H and O–H groups in total. The monoisotopic (exact) mass is 880 g/mol. The molecule has 0 bridgehead atoms. The lowest BCUT2D eigenvalue weighted by atomic mass is 10.1. The number of amides is 2. The zero-order valence-electron chi connectivity index (χ0n) is 35.7. The largest absolute Gasteiger partial charge is 0.508 e. The van der Waals surface area contributed by atoms with Crippen LogP contribution in [0.5, 0.6) is 28.7 Å². The fourth-order valence-corrected chi connectivity index (χ4v) is 6.51. The number of nitrogens with one attached hydrogen (secondary N) is 2. The molecule has 0 saturated carbocycles. The van der Waals surface area contributed by atoms with Crippen LogP contribution in [0, 0.1) is 0 Å². The number of phenolic OH excluding ortho intramolecular Hbond substituents is 1. The Morgan fingerprint density at radius 2 is 0.833 bits per heavy atom. The van der Waals surface area contributed by atoms with Gasteiger partial charge in [-0.15, -0.1) is 0 Å². The van der Waals surface area contributed by atoms with Crippen molar-refractivity contribution in [2.24, 2.45) is 0 Å². The summed E-state index contributed by atoms with van der Waals surface area (Å²) in [5.74, 6) is -0.280. The molecule has 0 heterocycles. The van der Waals surface area contributed by atoms with Gasteiger partial charge in [0.25, 0.3) is 11.8 Å². The minimum atomic E-state index is -0.516. The maximum Gasteiger partial charge on any atom is 0.343 e. The number of carbonyl (C=O) groups is 6. The number of anilines is 2.